The van der Waals surface area contributed by atoms with Crippen molar-refractivity contribution < 1.29 is 0 Å². The second-order valence-corrected chi connectivity index (χ2v) is 5.09. The summed E-state index contributed by atoms with van der Waals surface area (Å²) in [6.45, 7) is 9.67. The maximum atomic E-state index is 4.44. The fraction of sp³-hybridized carbons (Fsp3) is 0.750. The first-order chi connectivity index (χ1) is 7.77. The number of thiazole rings is 1. The van der Waals surface area contributed by atoms with Crippen LogP contribution in [0.5, 0.6) is 0 Å². The van der Waals surface area contributed by atoms with Crippen LogP contribution in [0.3, 0.4) is 0 Å². The Kier molecular flexibility index (Phi) is 6.61. The van der Waals surface area contributed by atoms with Crippen molar-refractivity contribution in [2.24, 2.45) is 0 Å². The minimum absolute atomic E-state index is 0.369. The molecule has 3 nitrogen and oxygen atoms in total. The van der Waals surface area contributed by atoms with Crippen LogP contribution < -0.4 is 10.6 Å². The topological polar surface area (TPSA) is 37.0 Å². The Balaban J connectivity index is 2.21. The van der Waals surface area contributed by atoms with Crippen LogP contribution in [-0.4, -0.2) is 24.6 Å². The second kappa shape index (κ2) is 7.76. The second-order valence-electron chi connectivity index (χ2n) is 3.94. The lowest BCUT2D eigenvalue weighted by atomic mass is 10.3. The minimum Gasteiger partial charge on any atom is -0.315 e. The molecule has 1 heterocycles. The summed E-state index contributed by atoms with van der Waals surface area (Å²) in [4.78, 5) is 5.81. The van der Waals surface area contributed by atoms with Gasteiger partial charge in [0, 0.05) is 24.2 Å². The first-order valence-electron chi connectivity index (χ1n) is 6.16. The highest BCUT2D eigenvalue weighted by Crippen LogP contribution is 2.19. The third-order valence-electron chi connectivity index (χ3n) is 2.47. The van der Waals surface area contributed by atoms with E-state index < -0.39 is 0 Å². The molecule has 4 heteroatoms. The molecule has 1 aromatic heterocycles. The first kappa shape index (κ1) is 13.6. The van der Waals surface area contributed by atoms with Crippen molar-refractivity contribution >= 4 is 11.3 Å². The van der Waals surface area contributed by atoms with Gasteiger partial charge >= 0.3 is 0 Å². The van der Waals surface area contributed by atoms with E-state index in [0.29, 0.717) is 6.04 Å². The molecule has 16 heavy (non-hydrogen) atoms. The van der Waals surface area contributed by atoms with E-state index in [2.05, 4.69) is 36.4 Å². The molecule has 0 aliphatic heterocycles. The lowest BCUT2D eigenvalue weighted by Crippen LogP contribution is -2.29. The molecule has 2 N–H and O–H groups in total. The molecule has 0 aliphatic rings. The van der Waals surface area contributed by atoms with Gasteiger partial charge in [-0.1, -0.05) is 13.8 Å². The van der Waals surface area contributed by atoms with Crippen LogP contribution in [0.1, 0.15) is 43.1 Å². The predicted octanol–water partition coefficient (Wildman–Crippen LogP) is 2.36. The van der Waals surface area contributed by atoms with E-state index in [-0.39, 0.29) is 0 Å². The van der Waals surface area contributed by atoms with Crippen molar-refractivity contribution in [3.05, 3.63) is 16.1 Å². The van der Waals surface area contributed by atoms with Gasteiger partial charge in [0.25, 0.3) is 0 Å². The van der Waals surface area contributed by atoms with Crippen molar-refractivity contribution in [3.63, 3.8) is 0 Å². The first-order valence-corrected chi connectivity index (χ1v) is 6.98. The molecule has 0 radical (unpaired) electrons. The van der Waals surface area contributed by atoms with Crippen molar-refractivity contribution in [2.75, 3.05) is 19.6 Å². The van der Waals surface area contributed by atoms with Gasteiger partial charge in [-0.05, 0) is 26.3 Å². The molecule has 1 atom stereocenters. The number of hydrogen-bond donors (Lipinski definition) is 2. The molecular weight excluding hydrogens is 218 g/mol. The summed E-state index contributed by atoms with van der Waals surface area (Å²) in [5.74, 6) is 0. The Hall–Kier alpha value is -0.450. The molecule has 0 fully saturated rings. The Bertz CT molecular complexity index is 286. The summed E-state index contributed by atoms with van der Waals surface area (Å²) in [6, 6.07) is 0.369. The molecule has 0 bridgehead atoms. The van der Waals surface area contributed by atoms with E-state index >= 15 is 0 Å². The van der Waals surface area contributed by atoms with Crippen LogP contribution >= 0.6 is 11.3 Å². The summed E-state index contributed by atoms with van der Waals surface area (Å²) in [7, 11) is 0. The molecule has 1 unspecified atom stereocenters. The van der Waals surface area contributed by atoms with E-state index in [9.17, 15) is 0 Å². The van der Waals surface area contributed by atoms with Crippen LogP contribution in [0, 0.1) is 0 Å². The van der Waals surface area contributed by atoms with Crippen LogP contribution in [0.15, 0.2) is 6.20 Å². The van der Waals surface area contributed by atoms with E-state index in [0.717, 1.165) is 26.1 Å². The Morgan fingerprint density at radius 3 is 2.75 bits per heavy atom. The summed E-state index contributed by atoms with van der Waals surface area (Å²) >= 11 is 1.82. The molecule has 0 amide bonds. The average molecular weight is 241 g/mol. The fourth-order valence-corrected chi connectivity index (χ4v) is 2.34. The molecule has 0 saturated heterocycles. The van der Waals surface area contributed by atoms with Gasteiger partial charge in [0.1, 0.15) is 5.01 Å². The van der Waals surface area contributed by atoms with E-state index in [1.165, 1.54) is 16.3 Å². The summed E-state index contributed by atoms with van der Waals surface area (Å²) in [5, 5.41) is 8.06. The van der Waals surface area contributed by atoms with Gasteiger partial charge in [-0.25, -0.2) is 4.98 Å². The van der Waals surface area contributed by atoms with Gasteiger partial charge in [0.2, 0.25) is 0 Å². The van der Waals surface area contributed by atoms with Crippen LogP contribution in [0.25, 0.3) is 0 Å². The van der Waals surface area contributed by atoms with Crippen molar-refractivity contribution in [1.82, 2.24) is 15.6 Å². The molecule has 0 aliphatic carbocycles. The highest BCUT2D eigenvalue weighted by molar-refractivity contribution is 7.11. The van der Waals surface area contributed by atoms with Gasteiger partial charge in [-0.15, -0.1) is 11.3 Å². The molecule has 1 aromatic rings. The number of hydrogen-bond acceptors (Lipinski definition) is 4. The van der Waals surface area contributed by atoms with Crippen molar-refractivity contribution in [1.29, 1.82) is 0 Å². The molecule has 0 spiro atoms. The number of aromatic nitrogens is 1. The SMILES string of the molecule is CCCNCCNC(C)c1ncc(CC)s1. The van der Waals surface area contributed by atoms with Gasteiger partial charge < -0.3 is 10.6 Å². The normalized spacial score (nSPS) is 12.9. The Morgan fingerprint density at radius 2 is 2.12 bits per heavy atom. The van der Waals surface area contributed by atoms with Gasteiger partial charge in [-0.2, -0.15) is 0 Å². The van der Waals surface area contributed by atoms with E-state index in [1.807, 2.05) is 17.5 Å². The van der Waals surface area contributed by atoms with Crippen molar-refractivity contribution in [2.45, 2.75) is 39.7 Å². The van der Waals surface area contributed by atoms with Gasteiger partial charge in [0.05, 0.1) is 6.04 Å². The Morgan fingerprint density at radius 1 is 1.31 bits per heavy atom. The monoisotopic (exact) mass is 241 g/mol. The maximum Gasteiger partial charge on any atom is 0.109 e. The number of aryl methyl sites for hydroxylation is 1. The number of nitrogens with zero attached hydrogens (tertiary/aromatic N) is 1. The quantitative estimate of drug-likeness (QED) is 0.686. The zero-order chi connectivity index (χ0) is 11.8. The zero-order valence-corrected chi connectivity index (χ0v) is 11.4. The van der Waals surface area contributed by atoms with Crippen molar-refractivity contribution in [3.8, 4) is 0 Å². The Labute approximate surface area is 103 Å². The zero-order valence-electron chi connectivity index (χ0n) is 10.5. The largest absolute Gasteiger partial charge is 0.315 e. The molecular formula is C12H23N3S. The predicted molar refractivity (Wildman–Crippen MR) is 71.1 cm³/mol. The van der Waals surface area contributed by atoms with Gasteiger partial charge in [0.15, 0.2) is 0 Å². The maximum absolute atomic E-state index is 4.44. The van der Waals surface area contributed by atoms with E-state index in [1.54, 1.807) is 0 Å². The summed E-state index contributed by atoms with van der Waals surface area (Å²) < 4.78 is 0. The lowest BCUT2D eigenvalue weighted by molar-refractivity contribution is 0.543. The standard InChI is InChI=1S/C12H23N3S/c1-4-6-13-7-8-14-10(3)12-15-9-11(5-2)16-12/h9-10,13-14H,4-8H2,1-3H3. The number of nitrogens with one attached hydrogen (secondary N) is 2. The van der Waals surface area contributed by atoms with Crippen LogP contribution in [-0.2, 0) is 6.42 Å². The van der Waals surface area contributed by atoms with Gasteiger partial charge in [-0.3, -0.25) is 0 Å². The van der Waals surface area contributed by atoms with Crippen LogP contribution in [0.2, 0.25) is 0 Å². The van der Waals surface area contributed by atoms with E-state index in [4.69, 9.17) is 0 Å². The van der Waals surface area contributed by atoms with Crippen LogP contribution in [0.4, 0.5) is 0 Å². The molecule has 0 saturated carbocycles. The molecule has 1 rings (SSSR count). The summed E-state index contributed by atoms with van der Waals surface area (Å²) in [5.41, 5.74) is 0. The number of rotatable bonds is 8. The molecule has 92 valence electrons. The third kappa shape index (κ3) is 4.60. The highest BCUT2D eigenvalue weighted by Gasteiger charge is 2.08. The highest BCUT2D eigenvalue weighted by atomic mass is 32.1. The average Bonchev–Trinajstić information content (AvgIpc) is 2.77. The third-order valence-corrected chi connectivity index (χ3v) is 3.79. The fourth-order valence-electron chi connectivity index (χ4n) is 1.45. The minimum atomic E-state index is 0.369. The summed E-state index contributed by atoms with van der Waals surface area (Å²) in [6.07, 6.45) is 4.28. The lowest BCUT2D eigenvalue weighted by Gasteiger charge is -2.11. The molecule has 0 aromatic carbocycles. The smallest absolute Gasteiger partial charge is 0.109 e.